The van der Waals surface area contributed by atoms with Gasteiger partial charge in [0.25, 0.3) is 0 Å². The van der Waals surface area contributed by atoms with Gasteiger partial charge in [-0.1, -0.05) is 54.1 Å². The van der Waals surface area contributed by atoms with Crippen LogP contribution in [0.15, 0.2) is 54.6 Å². The Morgan fingerprint density at radius 3 is 2.35 bits per heavy atom. The van der Waals surface area contributed by atoms with Crippen molar-refractivity contribution in [1.29, 1.82) is 0 Å². The lowest BCUT2D eigenvalue weighted by Crippen LogP contribution is -2.37. The van der Waals surface area contributed by atoms with Crippen LogP contribution in [0, 0.1) is 0 Å². The molecule has 31 heavy (non-hydrogen) atoms. The van der Waals surface area contributed by atoms with Crippen LogP contribution in [-0.2, 0) is 16.1 Å². The molecule has 0 radical (unpaired) electrons. The summed E-state index contributed by atoms with van der Waals surface area (Å²) in [5.41, 5.74) is 2.22. The van der Waals surface area contributed by atoms with Gasteiger partial charge in [0, 0.05) is 37.1 Å². The van der Waals surface area contributed by atoms with Gasteiger partial charge in [0.15, 0.2) is 0 Å². The number of nitrogens with zero attached hydrogens (tertiary/aromatic N) is 1. The van der Waals surface area contributed by atoms with Crippen molar-refractivity contribution in [2.24, 2.45) is 0 Å². The molecule has 2 amide bonds. The van der Waals surface area contributed by atoms with Gasteiger partial charge in [0.05, 0.1) is 7.11 Å². The van der Waals surface area contributed by atoms with Gasteiger partial charge in [-0.25, -0.2) is 4.79 Å². The van der Waals surface area contributed by atoms with E-state index in [0.29, 0.717) is 24.5 Å². The summed E-state index contributed by atoms with van der Waals surface area (Å²) in [7, 11) is 1.41. The van der Waals surface area contributed by atoms with Crippen molar-refractivity contribution in [3.05, 3.63) is 70.7 Å². The number of hydrogen-bond donors (Lipinski definition) is 2. The first-order valence-corrected chi connectivity index (χ1v) is 11.0. The maximum atomic E-state index is 12.0. The molecule has 168 valence electrons. The minimum absolute atomic E-state index is 0.168. The summed E-state index contributed by atoms with van der Waals surface area (Å²) in [6, 6.07) is 17.6. The van der Waals surface area contributed by atoms with Crippen molar-refractivity contribution >= 4 is 23.6 Å². The quantitative estimate of drug-likeness (QED) is 0.371. The fourth-order valence-corrected chi connectivity index (χ4v) is 3.43. The van der Waals surface area contributed by atoms with Crippen LogP contribution in [-0.4, -0.2) is 43.6 Å². The number of nitrogens with one attached hydrogen (secondary N) is 2. The lowest BCUT2D eigenvalue weighted by Gasteiger charge is -2.29. The van der Waals surface area contributed by atoms with Crippen molar-refractivity contribution in [3.8, 4) is 0 Å². The van der Waals surface area contributed by atoms with Crippen LogP contribution in [0.2, 0.25) is 5.02 Å². The largest absolute Gasteiger partial charge is 0.469 e. The zero-order chi connectivity index (χ0) is 22.5. The van der Waals surface area contributed by atoms with Crippen molar-refractivity contribution in [2.75, 3.05) is 26.7 Å². The summed E-state index contributed by atoms with van der Waals surface area (Å²) >= 11 is 6.02. The summed E-state index contributed by atoms with van der Waals surface area (Å²) in [5, 5.41) is 6.48. The van der Waals surface area contributed by atoms with E-state index in [0.717, 1.165) is 37.1 Å². The molecule has 7 heteroatoms. The number of carbonyl (C=O) groups excluding carboxylic acids is 2. The Bertz CT molecular complexity index is 799. The van der Waals surface area contributed by atoms with Crippen molar-refractivity contribution in [3.63, 3.8) is 0 Å². The Morgan fingerprint density at radius 2 is 1.68 bits per heavy atom. The van der Waals surface area contributed by atoms with Crippen LogP contribution in [0.25, 0.3) is 0 Å². The van der Waals surface area contributed by atoms with Gasteiger partial charge in [-0.3, -0.25) is 9.69 Å². The number of urea groups is 1. The summed E-state index contributed by atoms with van der Waals surface area (Å²) in [5.74, 6) is -0.198. The highest BCUT2D eigenvalue weighted by atomic mass is 35.5. The molecule has 0 spiro atoms. The Hall–Kier alpha value is -2.57. The maximum absolute atomic E-state index is 12.0. The lowest BCUT2D eigenvalue weighted by molar-refractivity contribution is -0.140. The fourth-order valence-electron chi connectivity index (χ4n) is 3.30. The van der Waals surface area contributed by atoms with Gasteiger partial charge < -0.3 is 15.4 Å². The minimum Gasteiger partial charge on any atom is -0.469 e. The number of amides is 2. The number of methoxy groups -OCH3 is 1. The Kier molecular flexibility index (Phi) is 10.9. The topological polar surface area (TPSA) is 70.7 Å². The molecule has 2 aromatic carbocycles. The standard InChI is InChI=1S/C24H32ClN3O3/c1-19(21-11-13-22(25)14-12-21)28(16-6-10-23(29)31-2)17-7-15-26-24(30)27-18-20-8-4-3-5-9-20/h3-5,8-9,11-14,19H,6-7,10,15-18H2,1-2H3,(H2,26,27,30). The van der Waals surface area contributed by atoms with E-state index in [4.69, 9.17) is 16.3 Å². The average molecular weight is 446 g/mol. The van der Waals surface area contributed by atoms with Gasteiger partial charge in [-0.15, -0.1) is 0 Å². The first-order chi connectivity index (χ1) is 15.0. The molecule has 1 atom stereocenters. The lowest BCUT2D eigenvalue weighted by atomic mass is 10.1. The molecule has 0 aliphatic rings. The third kappa shape index (κ3) is 9.40. The molecule has 6 nitrogen and oxygen atoms in total. The van der Waals surface area contributed by atoms with E-state index in [9.17, 15) is 9.59 Å². The molecule has 2 rings (SSSR count). The van der Waals surface area contributed by atoms with Crippen LogP contribution >= 0.6 is 11.6 Å². The Labute approximate surface area is 189 Å². The molecular weight excluding hydrogens is 414 g/mol. The molecule has 0 aliphatic heterocycles. The van der Waals surface area contributed by atoms with Crippen LogP contribution in [0.4, 0.5) is 4.79 Å². The van der Waals surface area contributed by atoms with Gasteiger partial charge in [0.1, 0.15) is 0 Å². The second-order valence-electron chi connectivity index (χ2n) is 7.39. The van der Waals surface area contributed by atoms with Gasteiger partial charge in [0.2, 0.25) is 0 Å². The highest BCUT2D eigenvalue weighted by molar-refractivity contribution is 6.30. The smallest absolute Gasteiger partial charge is 0.315 e. The van der Waals surface area contributed by atoms with Crippen molar-refractivity contribution in [1.82, 2.24) is 15.5 Å². The molecule has 2 aromatic rings. The van der Waals surface area contributed by atoms with E-state index in [-0.39, 0.29) is 18.0 Å². The summed E-state index contributed by atoms with van der Waals surface area (Å²) < 4.78 is 4.74. The molecule has 0 aromatic heterocycles. The number of rotatable bonds is 12. The van der Waals surface area contributed by atoms with Crippen molar-refractivity contribution < 1.29 is 14.3 Å². The summed E-state index contributed by atoms with van der Waals surface area (Å²) in [6.07, 6.45) is 1.91. The van der Waals surface area contributed by atoms with Crippen molar-refractivity contribution in [2.45, 2.75) is 38.8 Å². The minimum atomic E-state index is -0.198. The third-order valence-corrected chi connectivity index (χ3v) is 5.41. The van der Waals surface area contributed by atoms with Gasteiger partial charge in [-0.2, -0.15) is 0 Å². The van der Waals surface area contributed by atoms with E-state index in [1.54, 1.807) is 0 Å². The van der Waals surface area contributed by atoms with E-state index in [1.807, 2.05) is 54.6 Å². The van der Waals surface area contributed by atoms with Crippen LogP contribution < -0.4 is 10.6 Å². The molecule has 2 N–H and O–H groups in total. The predicted molar refractivity (Wildman–Crippen MR) is 124 cm³/mol. The number of ether oxygens (including phenoxy) is 1. The normalized spacial score (nSPS) is 11.7. The third-order valence-electron chi connectivity index (χ3n) is 5.16. The number of esters is 1. The Morgan fingerprint density at radius 1 is 1.00 bits per heavy atom. The molecular formula is C24H32ClN3O3. The molecule has 0 fully saturated rings. The maximum Gasteiger partial charge on any atom is 0.315 e. The predicted octanol–water partition coefficient (Wildman–Crippen LogP) is 4.55. The molecule has 0 heterocycles. The second-order valence-corrected chi connectivity index (χ2v) is 7.83. The SMILES string of the molecule is COC(=O)CCCN(CCCNC(=O)NCc1ccccc1)C(C)c1ccc(Cl)cc1. The highest BCUT2D eigenvalue weighted by Crippen LogP contribution is 2.22. The Balaban J connectivity index is 1.80. The average Bonchev–Trinajstić information content (AvgIpc) is 2.79. The first kappa shape index (κ1) is 24.7. The highest BCUT2D eigenvalue weighted by Gasteiger charge is 2.16. The summed E-state index contributed by atoms with van der Waals surface area (Å²) in [4.78, 5) is 25.8. The zero-order valence-corrected chi connectivity index (χ0v) is 19.0. The number of halogens is 1. The van der Waals surface area contributed by atoms with E-state index in [2.05, 4.69) is 22.5 Å². The van der Waals surface area contributed by atoms with Crippen LogP contribution in [0.3, 0.4) is 0 Å². The number of carbonyl (C=O) groups is 2. The zero-order valence-electron chi connectivity index (χ0n) is 18.3. The number of hydrogen-bond acceptors (Lipinski definition) is 4. The monoisotopic (exact) mass is 445 g/mol. The second kappa shape index (κ2) is 13.7. The van der Waals surface area contributed by atoms with E-state index >= 15 is 0 Å². The molecule has 1 unspecified atom stereocenters. The van der Waals surface area contributed by atoms with Crippen LogP contribution in [0.1, 0.15) is 43.4 Å². The van der Waals surface area contributed by atoms with Gasteiger partial charge in [-0.05, 0) is 49.6 Å². The fraction of sp³-hybridized carbons (Fsp3) is 0.417. The molecule has 0 saturated carbocycles. The van der Waals surface area contributed by atoms with E-state index < -0.39 is 0 Å². The first-order valence-electron chi connectivity index (χ1n) is 10.6. The van der Waals surface area contributed by atoms with Gasteiger partial charge >= 0.3 is 12.0 Å². The number of benzene rings is 2. The summed E-state index contributed by atoms with van der Waals surface area (Å²) in [6.45, 7) is 4.77. The van der Waals surface area contributed by atoms with E-state index in [1.165, 1.54) is 7.11 Å². The molecule has 0 saturated heterocycles. The molecule has 0 aliphatic carbocycles. The van der Waals surface area contributed by atoms with Crippen LogP contribution in [0.5, 0.6) is 0 Å². The molecule has 0 bridgehead atoms.